The van der Waals surface area contributed by atoms with E-state index < -0.39 is 0 Å². The molecule has 18 heavy (non-hydrogen) atoms. The number of anilines is 1. The van der Waals surface area contributed by atoms with Crippen LogP contribution >= 0.6 is 22.6 Å². The molecule has 1 unspecified atom stereocenters. The lowest BCUT2D eigenvalue weighted by atomic mass is 9.89. The van der Waals surface area contributed by atoms with Crippen molar-refractivity contribution in [2.45, 2.75) is 33.1 Å². The van der Waals surface area contributed by atoms with E-state index >= 15 is 0 Å². The lowest BCUT2D eigenvalue weighted by Crippen LogP contribution is -2.29. The Hall–Kier alpha value is -0.590. The summed E-state index contributed by atoms with van der Waals surface area (Å²) in [4.78, 5) is 20.8. The van der Waals surface area contributed by atoms with Crippen LogP contribution in [0.2, 0.25) is 0 Å². The summed E-state index contributed by atoms with van der Waals surface area (Å²) in [5.74, 6) is 2.40. The molecule has 100 valence electrons. The van der Waals surface area contributed by atoms with Crippen molar-refractivity contribution in [2.24, 2.45) is 11.8 Å². The highest BCUT2D eigenvalue weighted by Crippen LogP contribution is 2.27. The fraction of sp³-hybridized carbons (Fsp3) is 0.692. The van der Waals surface area contributed by atoms with Crippen LogP contribution in [-0.2, 0) is 0 Å². The number of nitrogens with zero attached hydrogens (tertiary/aromatic N) is 2. The zero-order valence-corrected chi connectivity index (χ0v) is 13.1. The Morgan fingerprint density at radius 3 is 2.94 bits per heavy atom. The van der Waals surface area contributed by atoms with E-state index in [9.17, 15) is 4.79 Å². The number of hydrogen-bond acceptors (Lipinski definition) is 3. The fourth-order valence-electron chi connectivity index (χ4n) is 2.59. The molecule has 0 saturated carbocycles. The maximum Gasteiger partial charge on any atom is 0.266 e. The topological polar surface area (TPSA) is 49.0 Å². The molecule has 0 radical (unpaired) electrons. The number of nitrogens with one attached hydrogen (secondary N) is 1. The molecule has 0 amide bonds. The van der Waals surface area contributed by atoms with E-state index in [0.29, 0.717) is 3.57 Å². The van der Waals surface area contributed by atoms with Crippen LogP contribution in [0.1, 0.15) is 33.1 Å². The number of aromatic nitrogens is 2. The van der Waals surface area contributed by atoms with Crippen molar-refractivity contribution in [2.75, 3.05) is 18.0 Å². The third-order valence-corrected chi connectivity index (χ3v) is 4.77. The Kier molecular flexibility index (Phi) is 4.64. The second kappa shape index (κ2) is 6.04. The van der Waals surface area contributed by atoms with Crippen LogP contribution < -0.4 is 10.5 Å². The second-order valence-electron chi connectivity index (χ2n) is 5.29. The predicted octanol–water partition coefficient (Wildman–Crippen LogP) is 2.64. The van der Waals surface area contributed by atoms with E-state index in [0.717, 1.165) is 30.7 Å². The second-order valence-corrected chi connectivity index (χ2v) is 6.37. The Morgan fingerprint density at radius 1 is 1.44 bits per heavy atom. The summed E-state index contributed by atoms with van der Waals surface area (Å²) in [6, 6.07) is 0. The van der Waals surface area contributed by atoms with Gasteiger partial charge in [-0.1, -0.05) is 13.8 Å². The molecule has 0 aromatic carbocycles. The van der Waals surface area contributed by atoms with Crippen LogP contribution in [0.15, 0.2) is 11.1 Å². The van der Waals surface area contributed by atoms with E-state index in [1.54, 1.807) is 0 Å². The monoisotopic (exact) mass is 361 g/mol. The molecule has 1 saturated heterocycles. The minimum Gasteiger partial charge on any atom is -0.356 e. The van der Waals surface area contributed by atoms with Crippen LogP contribution in [0.3, 0.4) is 0 Å². The number of aromatic amines is 1. The van der Waals surface area contributed by atoms with Gasteiger partial charge in [0, 0.05) is 13.1 Å². The standard InChI is InChI=1S/C13H20IN3O/c1-9(2)10-4-3-6-17(7-5-10)12-11(14)13(18)16-8-15-12/h8-10H,3-7H2,1-2H3,(H,15,16,18). The molecule has 0 aliphatic carbocycles. The van der Waals surface area contributed by atoms with Gasteiger partial charge in [0.25, 0.3) is 5.56 Å². The minimum atomic E-state index is -0.0368. The maximum absolute atomic E-state index is 11.6. The molecule has 2 heterocycles. The molecule has 1 aliphatic rings. The lowest BCUT2D eigenvalue weighted by Gasteiger charge is -2.23. The molecule has 1 aromatic rings. The van der Waals surface area contributed by atoms with Gasteiger partial charge in [-0.15, -0.1) is 0 Å². The third-order valence-electron chi connectivity index (χ3n) is 3.79. The number of hydrogen-bond donors (Lipinski definition) is 1. The van der Waals surface area contributed by atoms with Gasteiger partial charge >= 0.3 is 0 Å². The predicted molar refractivity (Wildman–Crippen MR) is 82.0 cm³/mol. The molecule has 0 bridgehead atoms. The number of H-pyrrole nitrogens is 1. The van der Waals surface area contributed by atoms with Gasteiger partial charge in [-0.3, -0.25) is 4.79 Å². The first-order valence-electron chi connectivity index (χ1n) is 6.57. The van der Waals surface area contributed by atoms with Gasteiger partial charge in [0.15, 0.2) is 0 Å². The molecule has 0 spiro atoms. The summed E-state index contributed by atoms with van der Waals surface area (Å²) in [7, 11) is 0. The van der Waals surface area contributed by atoms with E-state index in [2.05, 4.69) is 51.3 Å². The van der Waals surface area contributed by atoms with Gasteiger partial charge in [-0.05, 0) is 53.7 Å². The van der Waals surface area contributed by atoms with E-state index in [1.165, 1.54) is 25.6 Å². The third kappa shape index (κ3) is 3.05. The van der Waals surface area contributed by atoms with Gasteiger partial charge in [-0.25, -0.2) is 4.98 Å². The molecule has 2 rings (SSSR count). The first kappa shape index (κ1) is 13.8. The summed E-state index contributed by atoms with van der Waals surface area (Å²) in [6.07, 6.45) is 5.17. The zero-order valence-electron chi connectivity index (χ0n) is 10.9. The largest absolute Gasteiger partial charge is 0.356 e. The van der Waals surface area contributed by atoms with Crippen LogP contribution in [0.5, 0.6) is 0 Å². The summed E-state index contributed by atoms with van der Waals surface area (Å²) in [6.45, 7) is 6.62. The molecule has 4 nitrogen and oxygen atoms in total. The molecule has 1 atom stereocenters. The first-order chi connectivity index (χ1) is 8.59. The van der Waals surface area contributed by atoms with Gasteiger partial charge < -0.3 is 9.88 Å². The van der Waals surface area contributed by atoms with Crippen LogP contribution in [0, 0.1) is 15.4 Å². The Balaban J connectivity index is 2.15. The summed E-state index contributed by atoms with van der Waals surface area (Å²) in [5.41, 5.74) is -0.0368. The van der Waals surface area contributed by atoms with Crippen molar-refractivity contribution in [3.63, 3.8) is 0 Å². The smallest absolute Gasteiger partial charge is 0.266 e. The molecule has 1 fully saturated rings. The van der Waals surface area contributed by atoms with Gasteiger partial charge in [0.05, 0.1) is 6.33 Å². The molecular formula is C13H20IN3O. The fourth-order valence-corrected chi connectivity index (χ4v) is 3.23. The summed E-state index contributed by atoms with van der Waals surface area (Å²) < 4.78 is 0.707. The summed E-state index contributed by atoms with van der Waals surface area (Å²) in [5, 5.41) is 0. The Morgan fingerprint density at radius 2 is 2.22 bits per heavy atom. The maximum atomic E-state index is 11.6. The average molecular weight is 361 g/mol. The van der Waals surface area contributed by atoms with Crippen molar-refractivity contribution >= 4 is 28.4 Å². The number of halogens is 1. The molecule has 1 aromatic heterocycles. The van der Waals surface area contributed by atoms with E-state index in [-0.39, 0.29) is 5.56 Å². The number of rotatable bonds is 2. The normalized spacial score (nSPS) is 21.1. The van der Waals surface area contributed by atoms with Crippen molar-refractivity contribution < 1.29 is 0 Å². The Labute approximate surface area is 121 Å². The summed E-state index contributed by atoms with van der Waals surface area (Å²) >= 11 is 2.09. The average Bonchev–Trinajstić information content (AvgIpc) is 2.58. The van der Waals surface area contributed by atoms with Gasteiger partial charge in [-0.2, -0.15) is 0 Å². The van der Waals surface area contributed by atoms with Crippen molar-refractivity contribution in [3.05, 3.63) is 20.3 Å². The van der Waals surface area contributed by atoms with Crippen LogP contribution in [-0.4, -0.2) is 23.1 Å². The Bertz CT molecular complexity index is 458. The van der Waals surface area contributed by atoms with Gasteiger partial charge in [0.1, 0.15) is 9.39 Å². The van der Waals surface area contributed by atoms with Crippen LogP contribution in [0.25, 0.3) is 0 Å². The quantitative estimate of drug-likeness (QED) is 0.824. The molecule has 1 N–H and O–H groups in total. The molecule has 1 aliphatic heterocycles. The zero-order chi connectivity index (χ0) is 13.1. The highest BCUT2D eigenvalue weighted by atomic mass is 127. The van der Waals surface area contributed by atoms with Gasteiger partial charge in [0.2, 0.25) is 0 Å². The molecule has 5 heteroatoms. The van der Waals surface area contributed by atoms with Crippen molar-refractivity contribution in [1.29, 1.82) is 0 Å². The van der Waals surface area contributed by atoms with Crippen molar-refractivity contribution in [3.8, 4) is 0 Å². The van der Waals surface area contributed by atoms with E-state index in [4.69, 9.17) is 0 Å². The highest BCUT2D eigenvalue weighted by Gasteiger charge is 2.21. The first-order valence-corrected chi connectivity index (χ1v) is 7.65. The highest BCUT2D eigenvalue weighted by molar-refractivity contribution is 14.1. The van der Waals surface area contributed by atoms with E-state index in [1.807, 2.05) is 0 Å². The lowest BCUT2D eigenvalue weighted by molar-refractivity contribution is 0.351. The minimum absolute atomic E-state index is 0.0368. The van der Waals surface area contributed by atoms with Crippen LogP contribution in [0.4, 0.5) is 5.82 Å². The SMILES string of the molecule is CC(C)C1CCCN(c2nc[nH]c(=O)c2I)CC1. The van der Waals surface area contributed by atoms with Crippen molar-refractivity contribution in [1.82, 2.24) is 9.97 Å². The molecular weight excluding hydrogens is 341 g/mol.